The highest BCUT2D eigenvalue weighted by molar-refractivity contribution is 7.99. The number of nitrogens with zero attached hydrogens (tertiary/aromatic N) is 1. The number of hydrogen-bond acceptors (Lipinski definition) is 8. The van der Waals surface area contributed by atoms with E-state index in [9.17, 15) is 14.4 Å². The van der Waals surface area contributed by atoms with Gasteiger partial charge in [-0.1, -0.05) is 49.6 Å². The molecule has 1 saturated heterocycles. The molecule has 43 heavy (non-hydrogen) atoms. The summed E-state index contributed by atoms with van der Waals surface area (Å²) in [6, 6.07) is 15.8. The monoisotopic (exact) mass is 629 g/mol. The summed E-state index contributed by atoms with van der Waals surface area (Å²) in [5.41, 5.74) is 0.922. The molecular formula is C32H43N3O6S2. The van der Waals surface area contributed by atoms with Crippen molar-refractivity contribution in [2.75, 3.05) is 50.1 Å². The third-order valence-corrected chi connectivity index (χ3v) is 9.82. The SMILES string of the molecule is COCCOCC(=O)N1CSC[C@H]1C(=O)N[C@@H](CSCC1CCCCC1)C(=O)NCc1ccc(Oc2ccccc2)cc1. The normalized spacial score (nSPS) is 17.8. The maximum atomic E-state index is 13.4. The molecule has 1 heterocycles. The summed E-state index contributed by atoms with van der Waals surface area (Å²) < 4.78 is 16.2. The van der Waals surface area contributed by atoms with E-state index in [1.807, 2.05) is 54.6 Å². The van der Waals surface area contributed by atoms with Gasteiger partial charge in [-0.25, -0.2) is 0 Å². The number of nitrogens with one attached hydrogen (secondary N) is 2. The average Bonchev–Trinajstić information content (AvgIpc) is 3.54. The van der Waals surface area contributed by atoms with Crippen molar-refractivity contribution < 1.29 is 28.6 Å². The molecule has 2 atom stereocenters. The lowest BCUT2D eigenvalue weighted by molar-refractivity contribution is -0.142. The highest BCUT2D eigenvalue weighted by atomic mass is 32.2. The van der Waals surface area contributed by atoms with E-state index < -0.39 is 12.1 Å². The molecule has 1 aliphatic heterocycles. The third-order valence-electron chi connectivity index (χ3n) is 7.53. The Kier molecular flexibility index (Phi) is 14.0. The molecule has 0 bridgehead atoms. The van der Waals surface area contributed by atoms with Gasteiger partial charge in [0.2, 0.25) is 17.7 Å². The van der Waals surface area contributed by atoms with Crippen molar-refractivity contribution in [3.63, 3.8) is 0 Å². The smallest absolute Gasteiger partial charge is 0.249 e. The number of thioether (sulfide) groups is 2. The average molecular weight is 630 g/mol. The van der Waals surface area contributed by atoms with Gasteiger partial charge in [0, 0.05) is 25.2 Å². The van der Waals surface area contributed by atoms with Gasteiger partial charge in [0.15, 0.2) is 0 Å². The van der Waals surface area contributed by atoms with E-state index in [2.05, 4.69) is 10.6 Å². The fourth-order valence-electron chi connectivity index (χ4n) is 5.06. The van der Waals surface area contributed by atoms with E-state index in [0.29, 0.717) is 48.8 Å². The minimum Gasteiger partial charge on any atom is -0.457 e. The second-order valence-electron chi connectivity index (χ2n) is 10.8. The second-order valence-corrected chi connectivity index (χ2v) is 12.9. The summed E-state index contributed by atoms with van der Waals surface area (Å²) in [6.07, 6.45) is 6.28. The zero-order chi connectivity index (χ0) is 30.3. The number of rotatable bonds is 16. The van der Waals surface area contributed by atoms with Crippen LogP contribution < -0.4 is 15.4 Å². The Morgan fingerprint density at radius 3 is 2.49 bits per heavy atom. The molecule has 0 spiro atoms. The summed E-state index contributed by atoms with van der Waals surface area (Å²) >= 11 is 3.24. The predicted octanol–water partition coefficient (Wildman–Crippen LogP) is 4.46. The molecule has 4 rings (SSSR count). The highest BCUT2D eigenvalue weighted by Crippen LogP contribution is 2.27. The van der Waals surface area contributed by atoms with Crippen LogP contribution in [0, 0.1) is 5.92 Å². The lowest BCUT2D eigenvalue weighted by Gasteiger charge is -2.26. The Morgan fingerprint density at radius 1 is 1.00 bits per heavy atom. The Labute approximate surface area is 263 Å². The molecule has 2 fully saturated rings. The predicted molar refractivity (Wildman–Crippen MR) is 171 cm³/mol. The zero-order valence-corrected chi connectivity index (χ0v) is 26.5. The van der Waals surface area contributed by atoms with E-state index in [0.717, 1.165) is 17.1 Å². The largest absolute Gasteiger partial charge is 0.457 e. The number of amides is 3. The van der Waals surface area contributed by atoms with Crippen molar-refractivity contribution in [1.29, 1.82) is 0 Å². The first-order valence-electron chi connectivity index (χ1n) is 14.9. The van der Waals surface area contributed by atoms with Crippen LogP contribution in [0.4, 0.5) is 0 Å². The topological polar surface area (TPSA) is 106 Å². The van der Waals surface area contributed by atoms with Gasteiger partial charge in [0.25, 0.3) is 0 Å². The zero-order valence-electron chi connectivity index (χ0n) is 24.8. The van der Waals surface area contributed by atoms with Crippen LogP contribution in [0.5, 0.6) is 11.5 Å². The molecule has 2 aliphatic rings. The van der Waals surface area contributed by atoms with Gasteiger partial charge in [-0.2, -0.15) is 11.8 Å². The number of hydrogen-bond donors (Lipinski definition) is 2. The number of benzene rings is 2. The molecule has 2 aromatic carbocycles. The van der Waals surface area contributed by atoms with Crippen molar-refractivity contribution in [3.05, 3.63) is 60.2 Å². The van der Waals surface area contributed by atoms with Gasteiger partial charge < -0.3 is 29.7 Å². The minimum absolute atomic E-state index is 0.107. The van der Waals surface area contributed by atoms with Gasteiger partial charge >= 0.3 is 0 Å². The van der Waals surface area contributed by atoms with E-state index in [4.69, 9.17) is 14.2 Å². The molecule has 0 radical (unpaired) electrons. The number of para-hydroxylation sites is 1. The molecule has 9 nitrogen and oxygen atoms in total. The van der Waals surface area contributed by atoms with Gasteiger partial charge in [-0.3, -0.25) is 14.4 Å². The third kappa shape index (κ3) is 11.0. The molecule has 2 N–H and O–H groups in total. The standard InChI is InChI=1S/C32H43N3O6S2/c1-39-16-17-40-19-30(36)35-23-43-22-29(35)32(38)34-28(21-42-20-25-8-4-2-5-9-25)31(37)33-18-24-12-14-27(15-13-24)41-26-10-6-3-7-11-26/h3,6-7,10-15,25,28-29H,2,4-5,8-9,16-23H2,1H3,(H,33,37)(H,34,38)/t28-,29-/m0/s1. The number of ether oxygens (including phenoxy) is 3. The van der Waals surface area contributed by atoms with Gasteiger partial charge in [-0.15, -0.1) is 11.8 Å². The molecular weight excluding hydrogens is 587 g/mol. The molecule has 1 aliphatic carbocycles. The van der Waals surface area contributed by atoms with Crippen LogP contribution in [0.1, 0.15) is 37.7 Å². The van der Waals surface area contributed by atoms with Gasteiger partial charge in [-0.05, 0) is 54.3 Å². The number of carbonyl (C=O) groups excluding carboxylic acids is 3. The fourth-order valence-corrected chi connectivity index (χ4v) is 7.51. The maximum Gasteiger partial charge on any atom is 0.249 e. The van der Waals surface area contributed by atoms with Crippen LogP contribution in [-0.2, 0) is 30.4 Å². The minimum atomic E-state index is -0.706. The Hall–Kier alpha value is -2.73. The van der Waals surface area contributed by atoms with Crippen molar-refractivity contribution in [3.8, 4) is 11.5 Å². The summed E-state index contributed by atoms with van der Waals surface area (Å²) in [5.74, 6) is 3.70. The first kappa shape index (κ1) is 33.2. The highest BCUT2D eigenvalue weighted by Gasteiger charge is 2.36. The summed E-state index contributed by atoms with van der Waals surface area (Å²) in [7, 11) is 1.57. The molecule has 234 valence electrons. The van der Waals surface area contributed by atoms with E-state index in [-0.39, 0.29) is 24.3 Å². The quantitative estimate of drug-likeness (QED) is 0.263. The Balaban J connectivity index is 1.32. The summed E-state index contributed by atoms with van der Waals surface area (Å²) in [4.78, 5) is 41.1. The van der Waals surface area contributed by atoms with Crippen LogP contribution in [0.15, 0.2) is 54.6 Å². The lowest BCUT2D eigenvalue weighted by atomic mass is 9.91. The first-order valence-corrected chi connectivity index (χ1v) is 17.3. The van der Waals surface area contributed by atoms with E-state index in [1.54, 1.807) is 18.9 Å². The molecule has 0 aromatic heterocycles. The van der Waals surface area contributed by atoms with Crippen LogP contribution in [0.2, 0.25) is 0 Å². The maximum absolute atomic E-state index is 13.4. The lowest BCUT2D eigenvalue weighted by Crippen LogP contribution is -2.55. The van der Waals surface area contributed by atoms with Crippen LogP contribution in [0.3, 0.4) is 0 Å². The molecule has 2 aromatic rings. The fraction of sp³-hybridized carbons (Fsp3) is 0.531. The molecule has 0 unspecified atom stereocenters. The van der Waals surface area contributed by atoms with Gasteiger partial charge in [0.05, 0.1) is 19.1 Å². The number of carbonyl (C=O) groups is 3. The second kappa shape index (κ2) is 18.2. The number of methoxy groups -OCH3 is 1. The van der Waals surface area contributed by atoms with Crippen molar-refractivity contribution in [1.82, 2.24) is 15.5 Å². The molecule has 11 heteroatoms. The molecule has 3 amide bonds. The Morgan fingerprint density at radius 2 is 1.74 bits per heavy atom. The van der Waals surface area contributed by atoms with Crippen LogP contribution >= 0.6 is 23.5 Å². The van der Waals surface area contributed by atoms with Crippen LogP contribution in [-0.4, -0.2) is 84.8 Å². The Bertz CT molecular complexity index is 1150. The van der Waals surface area contributed by atoms with Crippen molar-refractivity contribution >= 4 is 41.2 Å². The van der Waals surface area contributed by atoms with Crippen molar-refractivity contribution in [2.24, 2.45) is 5.92 Å². The van der Waals surface area contributed by atoms with E-state index in [1.165, 1.54) is 48.8 Å². The molecule has 1 saturated carbocycles. The summed E-state index contributed by atoms with van der Waals surface area (Å²) in [5, 5.41) is 5.97. The first-order chi connectivity index (χ1) is 21.0. The summed E-state index contributed by atoms with van der Waals surface area (Å²) in [6.45, 7) is 0.924. The van der Waals surface area contributed by atoms with Crippen molar-refractivity contribution in [2.45, 2.75) is 50.7 Å². The van der Waals surface area contributed by atoms with Crippen LogP contribution in [0.25, 0.3) is 0 Å². The van der Waals surface area contributed by atoms with E-state index >= 15 is 0 Å². The van der Waals surface area contributed by atoms with Gasteiger partial charge in [0.1, 0.15) is 30.2 Å².